The van der Waals surface area contributed by atoms with Crippen LogP contribution in [0.15, 0.2) is 47.4 Å². The second kappa shape index (κ2) is 9.11. The zero-order valence-corrected chi connectivity index (χ0v) is 15.9. The molecule has 1 N–H and O–H groups in total. The van der Waals surface area contributed by atoms with Crippen molar-refractivity contribution < 1.29 is 4.79 Å². The summed E-state index contributed by atoms with van der Waals surface area (Å²) in [6.45, 7) is 7.18. The molecule has 2 aromatic rings. The van der Waals surface area contributed by atoms with Crippen molar-refractivity contribution in [2.24, 2.45) is 0 Å². The Morgan fingerprint density at radius 2 is 1.92 bits per heavy atom. The molecule has 1 amide bonds. The van der Waals surface area contributed by atoms with Crippen LogP contribution >= 0.6 is 23.4 Å². The van der Waals surface area contributed by atoms with Crippen LogP contribution in [0.25, 0.3) is 0 Å². The lowest BCUT2D eigenvalue weighted by Crippen LogP contribution is -2.22. The predicted octanol–water partition coefficient (Wildman–Crippen LogP) is 5.16. The minimum absolute atomic E-state index is 0.184. The van der Waals surface area contributed by atoms with Crippen molar-refractivity contribution in [1.82, 2.24) is 4.90 Å². The van der Waals surface area contributed by atoms with Gasteiger partial charge in [-0.1, -0.05) is 37.6 Å². The van der Waals surface area contributed by atoms with Crippen LogP contribution in [-0.4, -0.2) is 30.2 Å². The molecule has 0 aliphatic rings. The van der Waals surface area contributed by atoms with E-state index in [2.05, 4.69) is 30.1 Å². The molecular weight excluding hydrogens is 340 g/mol. The predicted molar refractivity (Wildman–Crippen MR) is 104 cm³/mol. The Morgan fingerprint density at radius 1 is 1.17 bits per heavy atom. The summed E-state index contributed by atoms with van der Waals surface area (Å²) in [7, 11) is 0. The van der Waals surface area contributed by atoms with Gasteiger partial charge in [0.25, 0.3) is 5.91 Å². The summed E-state index contributed by atoms with van der Waals surface area (Å²) in [5, 5.41) is 3.41. The third kappa shape index (κ3) is 5.00. The number of hydrogen-bond donors (Lipinski definition) is 1. The highest BCUT2D eigenvalue weighted by atomic mass is 35.5. The molecule has 128 valence electrons. The Bertz CT molecular complexity index is 702. The molecule has 0 spiro atoms. The highest BCUT2D eigenvalue weighted by Gasteiger charge is 2.12. The van der Waals surface area contributed by atoms with Gasteiger partial charge >= 0.3 is 0 Å². The molecule has 0 fully saturated rings. The molecule has 0 heterocycles. The van der Waals surface area contributed by atoms with Gasteiger partial charge in [-0.15, -0.1) is 11.8 Å². The first kappa shape index (κ1) is 18.8. The first-order valence-corrected chi connectivity index (χ1v) is 9.63. The van der Waals surface area contributed by atoms with Crippen molar-refractivity contribution in [3.8, 4) is 0 Å². The number of amides is 1. The fourth-order valence-corrected chi connectivity index (χ4v) is 3.10. The Kier molecular flexibility index (Phi) is 7.16. The number of anilines is 1. The minimum Gasteiger partial charge on any atom is -0.322 e. The van der Waals surface area contributed by atoms with Crippen LogP contribution in [-0.2, 0) is 6.54 Å². The van der Waals surface area contributed by atoms with Gasteiger partial charge in [-0.25, -0.2) is 0 Å². The zero-order chi connectivity index (χ0) is 17.5. The number of nitrogens with one attached hydrogen (secondary N) is 1. The molecule has 0 bridgehead atoms. The van der Waals surface area contributed by atoms with Crippen LogP contribution in [0.3, 0.4) is 0 Å². The third-order valence-electron chi connectivity index (χ3n) is 3.90. The molecule has 3 nitrogen and oxygen atoms in total. The zero-order valence-electron chi connectivity index (χ0n) is 14.3. The van der Waals surface area contributed by atoms with Crippen LogP contribution in [0.4, 0.5) is 5.69 Å². The van der Waals surface area contributed by atoms with Gasteiger partial charge in [0.1, 0.15) is 0 Å². The van der Waals surface area contributed by atoms with E-state index >= 15 is 0 Å². The van der Waals surface area contributed by atoms with E-state index in [1.165, 1.54) is 5.56 Å². The monoisotopic (exact) mass is 362 g/mol. The van der Waals surface area contributed by atoms with Crippen LogP contribution in [0.5, 0.6) is 0 Å². The summed E-state index contributed by atoms with van der Waals surface area (Å²) in [5.74, 6) is -0.184. The summed E-state index contributed by atoms with van der Waals surface area (Å²) in [4.78, 5) is 15.9. The van der Waals surface area contributed by atoms with Gasteiger partial charge in [-0.3, -0.25) is 9.69 Å². The van der Waals surface area contributed by atoms with Gasteiger partial charge in [0.05, 0.1) is 10.6 Å². The van der Waals surface area contributed by atoms with E-state index in [1.54, 1.807) is 17.8 Å². The molecule has 2 rings (SSSR count). The molecule has 0 unspecified atom stereocenters. The normalized spacial score (nSPS) is 10.9. The maximum Gasteiger partial charge on any atom is 0.257 e. The second-order valence-corrected chi connectivity index (χ2v) is 6.75. The Morgan fingerprint density at radius 3 is 2.58 bits per heavy atom. The van der Waals surface area contributed by atoms with Gasteiger partial charge in [-0.05, 0) is 55.2 Å². The molecule has 0 aliphatic carbocycles. The lowest BCUT2D eigenvalue weighted by atomic mass is 10.1. The highest BCUT2D eigenvalue weighted by molar-refractivity contribution is 7.98. The second-order valence-electron chi connectivity index (χ2n) is 5.46. The van der Waals surface area contributed by atoms with Gasteiger partial charge in [-0.2, -0.15) is 0 Å². The molecule has 5 heteroatoms. The maximum absolute atomic E-state index is 12.5. The highest BCUT2D eigenvalue weighted by Crippen LogP contribution is 2.24. The van der Waals surface area contributed by atoms with E-state index in [-0.39, 0.29) is 5.91 Å². The van der Waals surface area contributed by atoms with E-state index in [1.807, 2.05) is 36.6 Å². The average Bonchev–Trinajstić information content (AvgIpc) is 2.60. The molecule has 2 aromatic carbocycles. The van der Waals surface area contributed by atoms with Gasteiger partial charge in [0.15, 0.2) is 0 Å². The van der Waals surface area contributed by atoms with Crippen molar-refractivity contribution in [3.05, 3.63) is 58.6 Å². The van der Waals surface area contributed by atoms with E-state index in [4.69, 9.17) is 11.6 Å². The summed E-state index contributed by atoms with van der Waals surface area (Å²) < 4.78 is 0. The van der Waals surface area contributed by atoms with Crippen LogP contribution in [0, 0.1) is 0 Å². The lowest BCUT2D eigenvalue weighted by Gasteiger charge is -2.18. The minimum atomic E-state index is -0.184. The van der Waals surface area contributed by atoms with E-state index in [9.17, 15) is 4.79 Å². The van der Waals surface area contributed by atoms with E-state index < -0.39 is 0 Å². The van der Waals surface area contributed by atoms with Gasteiger partial charge in [0.2, 0.25) is 0 Å². The number of carbonyl (C=O) groups is 1. The summed E-state index contributed by atoms with van der Waals surface area (Å²) >= 11 is 7.76. The molecule has 0 aliphatic heterocycles. The van der Waals surface area contributed by atoms with Crippen LogP contribution in [0.1, 0.15) is 29.8 Å². The molecule has 0 atom stereocenters. The van der Waals surface area contributed by atoms with Crippen molar-refractivity contribution in [3.63, 3.8) is 0 Å². The van der Waals surface area contributed by atoms with Crippen molar-refractivity contribution in [2.75, 3.05) is 24.7 Å². The number of hydrogen-bond acceptors (Lipinski definition) is 3. The smallest absolute Gasteiger partial charge is 0.257 e. The molecule has 0 aromatic heterocycles. The number of benzene rings is 2. The molecule has 0 saturated heterocycles. The van der Waals surface area contributed by atoms with E-state index in [0.717, 1.165) is 30.2 Å². The first-order valence-electron chi connectivity index (χ1n) is 8.03. The number of rotatable bonds is 7. The molecule has 0 saturated carbocycles. The average molecular weight is 363 g/mol. The summed E-state index contributed by atoms with van der Waals surface area (Å²) in [6, 6.07) is 13.5. The lowest BCUT2D eigenvalue weighted by molar-refractivity contribution is 0.102. The molecular formula is C19H23ClN2OS. The Hall–Kier alpha value is -1.49. The number of carbonyl (C=O) groups excluding carboxylic acids is 1. The number of halogens is 1. The largest absolute Gasteiger partial charge is 0.322 e. The van der Waals surface area contributed by atoms with Crippen molar-refractivity contribution >= 4 is 35.0 Å². The maximum atomic E-state index is 12.5. The third-order valence-corrected chi connectivity index (χ3v) is 4.96. The quantitative estimate of drug-likeness (QED) is 0.691. The molecule has 0 radical (unpaired) electrons. The number of thioether (sulfide) groups is 1. The van der Waals surface area contributed by atoms with E-state index in [0.29, 0.717) is 10.6 Å². The summed E-state index contributed by atoms with van der Waals surface area (Å²) in [5.41, 5.74) is 2.47. The number of nitrogens with zero attached hydrogens (tertiary/aromatic N) is 1. The molecule has 24 heavy (non-hydrogen) atoms. The van der Waals surface area contributed by atoms with Gasteiger partial charge < -0.3 is 5.32 Å². The first-order chi connectivity index (χ1) is 11.6. The van der Waals surface area contributed by atoms with Crippen molar-refractivity contribution in [2.45, 2.75) is 25.3 Å². The fourth-order valence-electron chi connectivity index (χ4n) is 2.46. The van der Waals surface area contributed by atoms with Crippen LogP contribution < -0.4 is 5.32 Å². The fraction of sp³-hybridized carbons (Fsp3) is 0.316. The summed E-state index contributed by atoms with van der Waals surface area (Å²) in [6.07, 6.45) is 1.97. The van der Waals surface area contributed by atoms with Crippen molar-refractivity contribution in [1.29, 1.82) is 0 Å². The van der Waals surface area contributed by atoms with Crippen LogP contribution in [0.2, 0.25) is 5.02 Å². The Balaban J connectivity index is 2.14. The topological polar surface area (TPSA) is 32.3 Å². The standard InChI is InChI=1S/C19H23ClN2OS/c1-4-22(5-2)13-14-7-6-8-15(11-14)21-19(23)17-12-16(24-3)9-10-18(17)20/h6-12H,4-5,13H2,1-3H3,(H,21,23). The van der Waals surface area contributed by atoms with Gasteiger partial charge in [0, 0.05) is 17.1 Å². The SMILES string of the molecule is CCN(CC)Cc1cccc(NC(=O)c2cc(SC)ccc2Cl)c1. The Labute approximate surface area is 153 Å².